The van der Waals surface area contributed by atoms with Gasteiger partial charge in [0.1, 0.15) is 17.0 Å². The number of para-hydroxylation sites is 1. The first-order valence-corrected chi connectivity index (χ1v) is 8.46. The Morgan fingerprint density at radius 3 is 2.52 bits per heavy atom. The minimum Gasteiger partial charge on any atom is -0.492 e. The summed E-state index contributed by atoms with van der Waals surface area (Å²) in [6, 6.07) is 15.3. The molecule has 3 nitrogen and oxygen atoms in total. The smallest absolute Gasteiger partial charge is 0.145 e. The van der Waals surface area contributed by atoms with Crippen molar-refractivity contribution in [2.24, 2.45) is 0 Å². The van der Waals surface area contributed by atoms with Gasteiger partial charge in [0, 0.05) is 18.0 Å². The zero-order chi connectivity index (χ0) is 16.1. The topological polar surface area (TPSA) is 31.4 Å². The average molecular weight is 393 g/mol. The Bertz CT molecular complexity index is 810. The predicted octanol–water partition coefficient (Wildman–Crippen LogP) is 5.50. The molecule has 5 heteroatoms. The standard InChI is InChI=1S/C18H15BrClNO2/c19-14-6-1-2-7-16(14)22-11-4-12-23-17-9-8-15(20)13-5-3-10-21-18(13)17/h1-3,5-10H,4,11-12H2. The van der Waals surface area contributed by atoms with Crippen molar-refractivity contribution < 1.29 is 9.47 Å². The molecule has 0 spiro atoms. The fourth-order valence-corrected chi connectivity index (χ4v) is 2.83. The monoisotopic (exact) mass is 391 g/mol. The summed E-state index contributed by atoms with van der Waals surface area (Å²) >= 11 is 9.63. The molecule has 2 aromatic carbocycles. The highest BCUT2D eigenvalue weighted by molar-refractivity contribution is 9.10. The molecule has 0 fully saturated rings. The highest BCUT2D eigenvalue weighted by Crippen LogP contribution is 2.29. The fraction of sp³-hybridized carbons (Fsp3) is 0.167. The molecule has 0 amide bonds. The number of halogens is 2. The molecule has 0 N–H and O–H groups in total. The molecule has 0 radical (unpaired) electrons. The number of aromatic nitrogens is 1. The lowest BCUT2D eigenvalue weighted by Crippen LogP contribution is -2.05. The zero-order valence-electron chi connectivity index (χ0n) is 12.3. The SMILES string of the molecule is Clc1ccc(OCCCOc2ccccc2Br)c2ncccc12. The van der Waals surface area contributed by atoms with Crippen molar-refractivity contribution in [2.45, 2.75) is 6.42 Å². The third kappa shape index (κ3) is 3.95. The van der Waals surface area contributed by atoms with Gasteiger partial charge < -0.3 is 9.47 Å². The van der Waals surface area contributed by atoms with Crippen molar-refractivity contribution in [3.05, 3.63) is 64.2 Å². The van der Waals surface area contributed by atoms with E-state index in [-0.39, 0.29) is 0 Å². The number of hydrogen-bond acceptors (Lipinski definition) is 3. The fourth-order valence-electron chi connectivity index (χ4n) is 2.21. The van der Waals surface area contributed by atoms with Crippen LogP contribution in [0.4, 0.5) is 0 Å². The second-order valence-corrected chi connectivity index (χ2v) is 6.19. The lowest BCUT2D eigenvalue weighted by Gasteiger charge is -2.11. The Hall–Kier alpha value is -1.78. The van der Waals surface area contributed by atoms with Crippen molar-refractivity contribution in [3.63, 3.8) is 0 Å². The minimum absolute atomic E-state index is 0.553. The van der Waals surface area contributed by atoms with E-state index in [4.69, 9.17) is 21.1 Å². The predicted molar refractivity (Wildman–Crippen MR) is 96.5 cm³/mol. The summed E-state index contributed by atoms with van der Waals surface area (Å²) < 4.78 is 12.5. The van der Waals surface area contributed by atoms with E-state index in [9.17, 15) is 0 Å². The van der Waals surface area contributed by atoms with E-state index in [0.29, 0.717) is 18.2 Å². The van der Waals surface area contributed by atoms with Gasteiger partial charge in [-0.15, -0.1) is 0 Å². The van der Waals surface area contributed by atoms with Crippen molar-refractivity contribution in [1.29, 1.82) is 0 Å². The van der Waals surface area contributed by atoms with Gasteiger partial charge in [0.2, 0.25) is 0 Å². The second-order valence-electron chi connectivity index (χ2n) is 4.93. The lowest BCUT2D eigenvalue weighted by molar-refractivity contribution is 0.248. The van der Waals surface area contributed by atoms with Crippen LogP contribution in [0.3, 0.4) is 0 Å². The van der Waals surface area contributed by atoms with Gasteiger partial charge in [0.05, 0.1) is 22.7 Å². The summed E-state index contributed by atoms with van der Waals surface area (Å²) in [6.07, 6.45) is 2.51. The molecule has 0 atom stereocenters. The molecule has 0 bridgehead atoms. The highest BCUT2D eigenvalue weighted by Gasteiger charge is 2.06. The molecular formula is C18H15BrClNO2. The number of hydrogen-bond donors (Lipinski definition) is 0. The average Bonchev–Trinajstić information content (AvgIpc) is 2.58. The third-order valence-corrected chi connectivity index (χ3v) is 4.30. The first kappa shape index (κ1) is 16.1. The van der Waals surface area contributed by atoms with Gasteiger partial charge in [-0.25, -0.2) is 0 Å². The molecule has 23 heavy (non-hydrogen) atoms. The summed E-state index contributed by atoms with van der Waals surface area (Å²) in [5, 5.41) is 1.58. The summed E-state index contributed by atoms with van der Waals surface area (Å²) in [5.74, 6) is 1.58. The molecule has 0 aliphatic heterocycles. The van der Waals surface area contributed by atoms with Gasteiger partial charge >= 0.3 is 0 Å². The molecule has 0 unspecified atom stereocenters. The van der Waals surface area contributed by atoms with Crippen LogP contribution in [0.2, 0.25) is 5.02 Å². The van der Waals surface area contributed by atoms with Crippen LogP contribution in [-0.4, -0.2) is 18.2 Å². The Morgan fingerprint density at radius 1 is 0.913 bits per heavy atom. The van der Waals surface area contributed by atoms with Crippen LogP contribution in [0, 0.1) is 0 Å². The molecule has 3 rings (SSSR count). The van der Waals surface area contributed by atoms with E-state index in [0.717, 1.165) is 33.3 Å². The summed E-state index contributed by atoms with van der Waals surface area (Å²) in [6.45, 7) is 1.14. The Morgan fingerprint density at radius 2 is 1.70 bits per heavy atom. The zero-order valence-corrected chi connectivity index (χ0v) is 14.7. The first-order valence-electron chi connectivity index (χ1n) is 7.29. The molecule has 0 aliphatic rings. The molecule has 0 saturated carbocycles. The van der Waals surface area contributed by atoms with Crippen LogP contribution < -0.4 is 9.47 Å². The molecule has 0 saturated heterocycles. The molecular weight excluding hydrogens is 378 g/mol. The first-order chi connectivity index (χ1) is 11.3. The Labute approximate surface area is 148 Å². The molecule has 3 aromatic rings. The van der Waals surface area contributed by atoms with Gasteiger partial charge in [-0.3, -0.25) is 4.98 Å². The maximum absolute atomic E-state index is 6.18. The Balaban J connectivity index is 1.55. The van der Waals surface area contributed by atoms with Crippen LogP contribution in [-0.2, 0) is 0 Å². The maximum atomic E-state index is 6.18. The van der Waals surface area contributed by atoms with Crippen LogP contribution in [0.1, 0.15) is 6.42 Å². The van der Waals surface area contributed by atoms with E-state index in [1.807, 2.05) is 48.5 Å². The summed E-state index contributed by atoms with van der Waals surface area (Å²) in [4.78, 5) is 4.35. The van der Waals surface area contributed by atoms with Gasteiger partial charge in [0.15, 0.2) is 0 Å². The number of benzene rings is 2. The van der Waals surface area contributed by atoms with Crippen molar-refractivity contribution in [3.8, 4) is 11.5 Å². The van der Waals surface area contributed by atoms with Crippen LogP contribution in [0.15, 0.2) is 59.2 Å². The molecule has 0 aliphatic carbocycles. The number of rotatable bonds is 6. The summed E-state index contributed by atoms with van der Waals surface area (Å²) in [5.41, 5.74) is 0.784. The van der Waals surface area contributed by atoms with Crippen molar-refractivity contribution in [2.75, 3.05) is 13.2 Å². The van der Waals surface area contributed by atoms with Gasteiger partial charge in [-0.1, -0.05) is 23.7 Å². The van der Waals surface area contributed by atoms with Crippen molar-refractivity contribution >= 4 is 38.4 Å². The van der Waals surface area contributed by atoms with E-state index in [1.54, 1.807) is 6.20 Å². The molecule has 118 valence electrons. The van der Waals surface area contributed by atoms with E-state index in [1.165, 1.54) is 0 Å². The third-order valence-electron chi connectivity index (χ3n) is 3.32. The molecule has 1 heterocycles. The van der Waals surface area contributed by atoms with E-state index < -0.39 is 0 Å². The van der Waals surface area contributed by atoms with Crippen molar-refractivity contribution in [1.82, 2.24) is 4.98 Å². The number of ether oxygens (including phenoxy) is 2. The second kappa shape index (κ2) is 7.66. The normalized spacial score (nSPS) is 10.7. The largest absolute Gasteiger partial charge is 0.492 e. The van der Waals surface area contributed by atoms with Crippen LogP contribution in [0.25, 0.3) is 10.9 Å². The van der Waals surface area contributed by atoms with Crippen LogP contribution >= 0.6 is 27.5 Å². The van der Waals surface area contributed by atoms with Crippen LogP contribution in [0.5, 0.6) is 11.5 Å². The minimum atomic E-state index is 0.553. The number of fused-ring (bicyclic) bond motifs is 1. The Kier molecular flexibility index (Phi) is 5.36. The van der Waals surface area contributed by atoms with E-state index >= 15 is 0 Å². The highest BCUT2D eigenvalue weighted by atomic mass is 79.9. The number of nitrogens with zero attached hydrogens (tertiary/aromatic N) is 1. The maximum Gasteiger partial charge on any atom is 0.145 e. The van der Waals surface area contributed by atoms with E-state index in [2.05, 4.69) is 20.9 Å². The van der Waals surface area contributed by atoms with Gasteiger partial charge in [-0.2, -0.15) is 0 Å². The summed E-state index contributed by atoms with van der Waals surface area (Å²) in [7, 11) is 0. The quantitative estimate of drug-likeness (QED) is 0.519. The van der Waals surface area contributed by atoms with Gasteiger partial charge in [-0.05, 0) is 52.3 Å². The lowest BCUT2D eigenvalue weighted by atomic mass is 10.2. The molecule has 1 aromatic heterocycles. The number of pyridine rings is 1. The van der Waals surface area contributed by atoms with Gasteiger partial charge in [0.25, 0.3) is 0 Å².